The monoisotopic (exact) mass is 460 g/mol. The second-order valence-electron chi connectivity index (χ2n) is 14.0. The molecule has 4 nitrogen and oxygen atoms in total. The molecule has 0 spiro atoms. The Labute approximate surface area is 201 Å². The third-order valence-corrected chi connectivity index (χ3v) is 12.3. The zero-order valence-corrected chi connectivity index (χ0v) is 21.8. The van der Waals surface area contributed by atoms with E-state index in [4.69, 9.17) is 4.74 Å². The van der Waals surface area contributed by atoms with Gasteiger partial charge >= 0.3 is 5.97 Å². The van der Waals surface area contributed by atoms with E-state index in [0.29, 0.717) is 23.7 Å². The largest absolute Gasteiger partial charge is 0.462 e. The van der Waals surface area contributed by atoms with Crippen molar-refractivity contribution in [3.05, 3.63) is 0 Å². The SMILES string of the molecule is CC(C)CCC[C@@H]1C(=O)O[C@H]2C[C@@]3(C)[C@@H](C[C@@H](O)[C@H]4[C@@]5(C)CC[C@@H](O)[C@@H](C)[C@@H]5CC[C@@]43C)[C@H]21. The summed E-state index contributed by atoms with van der Waals surface area (Å²) in [6.07, 6.45) is 8.61. The number of aliphatic hydroxyl groups is 2. The van der Waals surface area contributed by atoms with Gasteiger partial charge < -0.3 is 14.9 Å². The third kappa shape index (κ3) is 3.25. The molecule has 0 aromatic rings. The fraction of sp³-hybridized carbons (Fsp3) is 0.966. The smallest absolute Gasteiger partial charge is 0.309 e. The van der Waals surface area contributed by atoms with Gasteiger partial charge in [-0.3, -0.25) is 4.79 Å². The first-order chi connectivity index (χ1) is 15.4. The minimum atomic E-state index is -0.325. The van der Waals surface area contributed by atoms with Gasteiger partial charge in [0, 0.05) is 5.92 Å². The number of aliphatic hydroxyl groups excluding tert-OH is 2. The Balaban J connectivity index is 1.46. The van der Waals surface area contributed by atoms with Crippen LogP contribution < -0.4 is 0 Å². The normalized spacial score (nSPS) is 55.5. The highest BCUT2D eigenvalue weighted by atomic mass is 16.6. The van der Waals surface area contributed by atoms with Crippen LogP contribution in [0.25, 0.3) is 0 Å². The van der Waals surface area contributed by atoms with Crippen molar-refractivity contribution in [1.29, 1.82) is 0 Å². The summed E-state index contributed by atoms with van der Waals surface area (Å²) in [7, 11) is 0. The highest BCUT2D eigenvalue weighted by molar-refractivity contribution is 5.75. The Morgan fingerprint density at radius 2 is 1.76 bits per heavy atom. The molecule has 0 amide bonds. The topological polar surface area (TPSA) is 66.8 Å². The number of esters is 1. The van der Waals surface area contributed by atoms with E-state index < -0.39 is 0 Å². The molecule has 1 aliphatic heterocycles. The van der Waals surface area contributed by atoms with Gasteiger partial charge in [-0.2, -0.15) is 0 Å². The van der Waals surface area contributed by atoms with E-state index >= 15 is 0 Å². The molecule has 0 aromatic heterocycles. The number of rotatable bonds is 4. The molecule has 4 saturated carbocycles. The molecule has 33 heavy (non-hydrogen) atoms. The maximum atomic E-state index is 12.9. The van der Waals surface area contributed by atoms with Crippen molar-refractivity contribution in [2.75, 3.05) is 0 Å². The molecule has 5 rings (SSSR count). The fourth-order valence-corrected chi connectivity index (χ4v) is 10.6. The van der Waals surface area contributed by atoms with Crippen LogP contribution in [0.15, 0.2) is 0 Å². The van der Waals surface area contributed by atoms with Crippen molar-refractivity contribution in [3.63, 3.8) is 0 Å². The second-order valence-corrected chi connectivity index (χ2v) is 14.0. The summed E-state index contributed by atoms with van der Waals surface area (Å²) < 4.78 is 6.08. The van der Waals surface area contributed by atoms with E-state index in [1.54, 1.807) is 0 Å². The van der Waals surface area contributed by atoms with Gasteiger partial charge in [0.15, 0.2) is 0 Å². The average Bonchev–Trinajstić information content (AvgIpc) is 3.17. The van der Waals surface area contributed by atoms with Crippen molar-refractivity contribution < 1.29 is 19.7 Å². The van der Waals surface area contributed by atoms with Gasteiger partial charge in [-0.05, 0) is 90.8 Å². The van der Waals surface area contributed by atoms with Crippen molar-refractivity contribution in [3.8, 4) is 0 Å². The number of carbonyl (C=O) groups excluding carboxylic acids is 1. The third-order valence-electron chi connectivity index (χ3n) is 12.3. The van der Waals surface area contributed by atoms with Crippen LogP contribution in [0.3, 0.4) is 0 Å². The first kappa shape index (κ1) is 24.1. The maximum Gasteiger partial charge on any atom is 0.309 e. The molecule has 4 heteroatoms. The van der Waals surface area contributed by atoms with Crippen LogP contribution in [0.5, 0.6) is 0 Å². The molecule has 5 aliphatic rings. The standard InChI is InChI=1S/C29H48O4/c1-16(2)8-7-9-18-24-20-14-22(31)25-27(4)12-11-21(30)17(3)19(27)10-13-28(25,5)29(20,6)15-23(24)33-26(18)32/h16-25,30-31H,7-15H2,1-6H3/t17-,18-,19-,20-,21+,22+,23-,24+,25-,27-,28-,29-/m0/s1. The molecular formula is C29H48O4. The zero-order valence-electron chi connectivity index (χ0n) is 21.8. The molecule has 1 heterocycles. The molecule has 0 aromatic carbocycles. The fourth-order valence-electron chi connectivity index (χ4n) is 10.6. The van der Waals surface area contributed by atoms with E-state index in [9.17, 15) is 15.0 Å². The quantitative estimate of drug-likeness (QED) is 0.537. The maximum absolute atomic E-state index is 12.9. The summed E-state index contributed by atoms with van der Waals surface area (Å²) in [5.41, 5.74) is 0.211. The number of ether oxygens (including phenoxy) is 1. The van der Waals surface area contributed by atoms with Crippen molar-refractivity contribution in [1.82, 2.24) is 0 Å². The minimum absolute atomic E-state index is 0.0182. The lowest BCUT2D eigenvalue weighted by molar-refractivity contribution is -0.240. The van der Waals surface area contributed by atoms with Crippen molar-refractivity contribution in [2.24, 2.45) is 57.7 Å². The molecule has 0 bridgehead atoms. The molecule has 12 atom stereocenters. The minimum Gasteiger partial charge on any atom is -0.462 e. The Morgan fingerprint density at radius 3 is 2.45 bits per heavy atom. The summed E-state index contributed by atoms with van der Waals surface area (Å²) >= 11 is 0. The molecule has 5 fully saturated rings. The molecule has 4 aliphatic carbocycles. The van der Waals surface area contributed by atoms with Gasteiger partial charge in [0.25, 0.3) is 0 Å². The highest BCUT2D eigenvalue weighted by Gasteiger charge is 2.73. The lowest BCUT2D eigenvalue weighted by Crippen LogP contribution is -2.66. The van der Waals surface area contributed by atoms with Crippen molar-refractivity contribution >= 4 is 5.97 Å². The van der Waals surface area contributed by atoms with Gasteiger partial charge in [-0.15, -0.1) is 0 Å². The first-order valence-corrected chi connectivity index (χ1v) is 14.0. The lowest BCUT2D eigenvalue weighted by atomic mass is 9.36. The van der Waals surface area contributed by atoms with Gasteiger partial charge in [-0.25, -0.2) is 0 Å². The van der Waals surface area contributed by atoms with E-state index in [-0.39, 0.29) is 58.3 Å². The molecule has 0 radical (unpaired) electrons. The van der Waals surface area contributed by atoms with Gasteiger partial charge in [-0.1, -0.05) is 54.4 Å². The van der Waals surface area contributed by atoms with Crippen LogP contribution in [-0.2, 0) is 9.53 Å². The van der Waals surface area contributed by atoms with E-state index in [1.165, 1.54) is 0 Å². The van der Waals surface area contributed by atoms with E-state index in [1.807, 2.05) is 0 Å². The number of hydrogen-bond donors (Lipinski definition) is 2. The Bertz CT molecular complexity index is 780. The lowest BCUT2D eigenvalue weighted by Gasteiger charge is -2.69. The molecular weight excluding hydrogens is 412 g/mol. The molecule has 2 N–H and O–H groups in total. The average molecular weight is 461 g/mol. The Morgan fingerprint density at radius 1 is 1.03 bits per heavy atom. The summed E-state index contributed by atoms with van der Waals surface area (Å²) in [5.74, 6) is 2.40. The van der Waals surface area contributed by atoms with Crippen LogP contribution in [0, 0.1) is 57.7 Å². The van der Waals surface area contributed by atoms with Gasteiger partial charge in [0.2, 0.25) is 0 Å². The highest BCUT2D eigenvalue weighted by Crippen LogP contribution is 2.75. The van der Waals surface area contributed by atoms with Gasteiger partial charge in [0.1, 0.15) is 6.10 Å². The van der Waals surface area contributed by atoms with E-state index in [2.05, 4.69) is 41.5 Å². The molecule has 0 unspecified atom stereocenters. The number of hydrogen-bond acceptors (Lipinski definition) is 4. The number of fused-ring (bicyclic) bond motifs is 7. The first-order valence-electron chi connectivity index (χ1n) is 14.0. The van der Waals surface area contributed by atoms with Gasteiger partial charge in [0.05, 0.1) is 18.1 Å². The van der Waals surface area contributed by atoms with Crippen LogP contribution >= 0.6 is 0 Å². The van der Waals surface area contributed by atoms with Crippen LogP contribution in [-0.4, -0.2) is 34.5 Å². The summed E-state index contributed by atoms with van der Waals surface area (Å²) in [6, 6.07) is 0. The van der Waals surface area contributed by atoms with Crippen LogP contribution in [0.1, 0.15) is 99.3 Å². The Hall–Kier alpha value is -0.610. The van der Waals surface area contributed by atoms with E-state index in [0.717, 1.165) is 57.8 Å². The molecule has 188 valence electrons. The summed E-state index contributed by atoms with van der Waals surface area (Å²) in [4.78, 5) is 12.9. The van der Waals surface area contributed by atoms with Crippen LogP contribution in [0.2, 0.25) is 0 Å². The number of carbonyl (C=O) groups is 1. The van der Waals surface area contributed by atoms with Crippen LogP contribution in [0.4, 0.5) is 0 Å². The zero-order chi connectivity index (χ0) is 23.9. The predicted octanol–water partition coefficient (Wildman–Crippen LogP) is 5.59. The summed E-state index contributed by atoms with van der Waals surface area (Å²) in [6.45, 7) is 14.1. The second kappa shape index (κ2) is 7.95. The predicted molar refractivity (Wildman–Crippen MR) is 129 cm³/mol. The summed E-state index contributed by atoms with van der Waals surface area (Å²) in [5, 5.41) is 22.4. The molecule has 1 saturated heterocycles. The Kier molecular flexibility index (Phi) is 5.81. The van der Waals surface area contributed by atoms with Crippen molar-refractivity contribution in [2.45, 2.75) is 118 Å².